The van der Waals surface area contributed by atoms with Gasteiger partial charge in [-0.05, 0) is 22.6 Å². The molecule has 0 aliphatic rings. The van der Waals surface area contributed by atoms with Crippen LogP contribution < -0.4 is 0 Å². The monoisotopic (exact) mass is 291 g/mol. The minimum Gasteiger partial charge on any atom is -0.244 e. The Morgan fingerprint density at radius 2 is 1.92 bits per heavy atom. The van der Waals surface area contributed by atoms with Gasteiger partial charge in [-0.2, -0.15) is 0 Å². The fraction of sp³-hybridized carbons (Fsp3) is 0.167. The lowest BCUT2D eigenvalue weighted by Crippen LogP contribution is -2.00. The fourth-order valence-electron chi connectivity index (χ4n) is 0.656. The zero-order valence-corrected chi connectivity index (χ0v) is 7.65. The molecule has 12 heavy (non-hydrogen) atoms. The zero-order chi connectivity index (χ0) is 9.30. The molecule has 0 saturated heterocycles. The molecule has 0 radical (unpaired) electrons. The summed E-state index contributed by atoms with van der Waals surface area (Å²) in [5.74, 6) is -2.60. The predicted octanol–water partition coefficient (Wildman–Crippen LogP) is 2.90. The average Bonchev–Trinajstić information content (AvgIpc) is 1.97. The smallest absolute Gasteiger partial charge is 0.244 e. The van der Waals surface area contributed by atoms with Crippen molar-refractivity contribution >= 4 is 22.6 Å². The number of aromatic nitrogens is 1. The van der Waals surface area contributed by atoms with E-state index in [2.05, 4.69) is 4.98 Å². The second-order valence-corrected chi connectivity index (χ2v) is 2.95. The first-order valence-corrected chi connectivity index (χ1v) is 3.89. The van der Waals surface area contributed by atoms with Gasteiger partial charge in [-0.15, -0.1) is 0 Å². The summed E-state index contributed by atoms with van der Waals surface area (Å²) in [6, 6.07) is 0. The van der Waals surface area contributed by atoms with Crippen molar-refractivity contribution in [3.8, 4) is 0 Å². The van der Waals surface area contributed by atoms with Crippen LogP contribution in [0.3, 0.4) is 0 Å². The van der Waals surface area contributed by atoms with Gasteiger partial charge in [0, 0.05) is 0 Å². The highest BCUT2D eigenvalue weighted by molar-refractivity contribution is 14.1. The van der Waals surface area contributed by atoms with Gasteiger partial charge in [-0.25, -0.2) is 22.5 Å². The van der Waals surface area contributed by atoms with Crippen LogP contribution in [0.15, 0.2) is 6.20 Å². The lowest BCUT2D eigenvalue weighted by molar-refractivity contribution is 0.140. The SMILES string of the molecule is Fc1cnc(I)c(F)c1C(F)F. The molecule has 0 fully saturated rings. The van der Waals surface area contributed by atoms with Gasteiger partial charge in [-0.1, -0.05) is 0 Å². The molecular formula is C6H2F4IN. The van der Waals surface area contributed by atoms with E-state index in [1.54, 1.807) is 0 Å². The third-order valence-corrected chi connectivity index (χ3v) is 1.94. The molecule has 0 aliphatic carbocycles. The van der Waals surface area contributed by atoms with Crippen molar-refractivity contribution < 1.29 is 17.6 Å². The molecule has 1 rings (SSSR count). The average molecular weight is 291 g/mol. The second-order valence-electron chi connectivity index (χ2n) is 1.93. The number of hydrogen-bond donors (Lipinski definition) is 0. The molecule has 0 amide bonds. The molecule has 1 aromatic heterocycles. The van der Waals surface area contributed by atoms with Gasteiger partial charge in [-0.3, -0.25) is 0 Å². The van der Waals surface area contributed by atoms with Crippen LogP contribution >= 0.6 is 22.6 Å². The lowest BCUT2D eigenvalue weighted by Gasteiger charge is -2.03. The van der Waals surface area contributed by atoms with Crippen LogP contribution in [0.4, 0.5) is 17.6 Å². The van der Waals surface area contributed by atoms with E-state index < -0.39 is 23.6 Å². The van der Waals surface area contributed by atoms with Crippen LogP contribution in [-0.4, -0.2) is 4.98 Å². The summed E-state index contributed by atoms with van der Waals surface area (Å²) in [6.07, 6.45) is -2.58. The van der Waals surface area contributed by atoms with Gasteiger partial charge in [0.25, 0.3) is 6.43 Å². The van der Waals surface area contributed by atoms with Crippen LogP contribution in [0.5, 0.6) is 0 Å². The van der Waals surface area contributed by atoms with Crippen molar-refractivity contribution in [1.82, 2.24) is 4.98 Å². The first-order chi connectivity index (χ1) is 5.54. The van der Waals surface area contributed by atoms with Gasteiger partial charge in [0.05, 0.1) is 11.8 Å². The van der Waals surface area contributed by atoms with E-state index in [0.717, 1.165) is 0 Å². The summed E-state index contributed by atoms with van der Waals surface area (Å²) in [5.41, 5.74) is -1.21. The summed E-state index contributed by atoms with van der Waals surface area (Å²) >= 11 is 1.41. The van der Waals surface area contributed by atoms with E-state index in [-0.39, 0.29) is 3.70 Å². The highest BCUT2D eigenvalue weighted by Crippen LogP contribution is 2.26. The Bertz CT molecular complexity index is 302. The Balaban J connectivity index is 3.33. The summed E-state index contributed by atoms with van der Waals surface area (Å²) in [5, 5.41) is 0. The molecule has 0 spiro atoms. The van der Waals surface area contributed by atoms with Gasteiger partial charge < -0.3 is 0 Å². The van der Waals surface area contributed by atoms with E-state index in [1.807, 2.05) is 0 Å². The normalized spacial score (nSPS) is 10.8. The Morgan fingerprint density at radius 3 is 2.33 bits per heavy atom. The molecule has 0 atom stereocenters. The van der Waals surface area contributed by atoms with Gasteiger partial charge in [0.1, 0.15) is 3.70 Å². The van der Waals surface area contributed by atoms with Crippen LogP contribution in [0, 0.1) is 15.3 Å². The number of hydrogen-bond acceptors (Lipinski definition) is 1. The summed E-state index contributed by atoms with van der Waals surface area (Å²) < 4.78 is 48.9. The van der Waals surface area contributed by atoms with Gasteiger partial charge in [0.15, 0.2) is 11.6 Å². The van der Waals surface area contributed by atoms with Crippen molar-refractivity contribution in [2.45, 2.75) is 6.43 Å². The minimum absolute atomic E-state index is 0.260. The zero-order valence-electron chi connectivity index (χ0n) is 5.49. The third kappa shape index (κ3) is 1.67. The molecular weight excluding hydrogens is 289 g/mol. The molecule has 66 valence electrons. The maximum absolute atomic E-state index is 12.7. The number of halogens is 5. The van der Waals surface area contributed by atoms with Gasteiger partial charge >= 0.3 is 0 Å². The van der Waals surface area contributed by atoms with Crippen molar-refractivity contribution in [3.63, 3.8) is 0 Å². The molecule has 6 heteroatoms. The Morgan fingerprint density at radius 1 is 1.33 bits per heavy atom. The lowest BCUT2D eigenvalue weighted by atomic mass is 10.2. The maximum Gasteiger partial charge on any atom is 0.269 e. The highest BCUT2D eigenvalue weighted by Gasteiger charge is 2.21. The Kier molecular flexibility index (Phi) is 2.86. The van der Waals surface area contributed by atoms with Crippen molar-refractivity contribution in [2.24, 2.45) is 0 Å². The highest BCUT2D eigenvalue weighted by atomic mass is 127. The molecule has 1 heterocycles. The molecule has 0 unspecified atom stereocenters. The molecule has 0 saturated carbocycles. The van der Waals surface area contributed by atoms with E-state index in [9.17, 15) is 17.6 Å². The first-order valence-electron chi connectivity index (χ1n) is 2.81. The summed E-state index contributed by atoms with van der Waals surface area (Å²) in [6.45, 7) is 0. The molecule has 0 aromatic carbocycles. The Labute approximate surface area is 78.9 Å². The third-order valence-electron chi connectivity index (χ3n) is 1.18. The maximum atomic E-state index is 12.7. The van der Waals surface area contributed by atoms with E-state index >= 15 is 0 Å². The number of pyridine rings is 1. The minimum atomic E-state index is -3.15. The summed E-state index contributed by atoms with van der Waals surface area (Å²) in [7, 11) is 0. The fourth-order valence-corrected chi connectivity index (χ4v) is 1.09. The van der Waals surface area contributed by atoms with Crippen LogP contribution in [-0.2, 0) is 0 Å². The Hall–Kier alpha value is -0.400. The molecule has 1 nitrogen and oxygen atoms in total. The molecule has 1 aromatic rings. The molecule has 0 N–H and O–H groups in total. The van der Waals surface area contributed by atoms with E-state index in [1.165, 1.54) is 22.6 Å². The predicted molar refractivity (Wildman–Crippen MR) is 41.8 cm³/mol. The number of alkyl halides is 2. The van der Waals surface area contributed by atoms with Crippen LogP contribution in [0.1, 0.15) is 12.0 Å². The quantitative estimate of drug-likeness (QED) is 0.440. The topological polar surface area (TPSA) is 12.9 Å². The van der Waals surface area contributed by atoms with Crippen LogP contribution in [0.25, 0.3) is 0 Å². The summed E-state index contributed by atoms with van der Waals surface area (Å²) in [4.78, 5) is 3.22. The van der Waals surface area contributed by atoms with Crippen molar-refractivity contribution in [2.75, 3.05) is 0 Å². The molecule has 0 bridgehead atoms. The second kappa shape index (κ2) is 3.55. The van der Waals surface area contributed by atoms with E-state index in [4.69, 9.17) is 0 Å². The standard InChI is InChI=1S/C6H2F4IN/c7-2-1-12-6(11)4(8)3(2)5(9)10/h1,5H. The first kappa shape index (κ1) is 9.69. The number of nitrogens with zero attached hydrogens (tertiary/aromatic N) is 1. The van der Waals surface area contributed by atoms with Crippen LogP contribution in [0.2, 0.25) is 0 Å². The largest absolute Gasteiger partial charge is 0.269 e. The van der Waals surface area contributed by atoms with E-state index in [0.29, 0.717) is 6.20 Å². The number of rotatable bonds is 1. The van der Waals surface area contributed by atoms with Crippen molar-refractivity contribution in [1.29, 1.82) is 0 Å². The molecule has 0 aliphatic heterocycles. The van der Waals surface area contributed by atoms with Gasteiger partial charge in [0.2, 0.25) is 0 Å². The van der Waals surface area contributed by atoms with Crippen molar-refractivity contribution in [3.05, 3.63) is 27.1 Å².